The lowest BCUT2D eigenvalue weighted by Crippen LogP contribution is -2.30. The van der Waals surface area contributed by atoms with Crippen molar-refractivity contribution in [3.8, 4) is 0 Å². The highest BCUT2D eigenvalue weighted by Gasteiger charge is 2.30. The van der Waals surface area contributed by atoms with Crippen molar-refractivity contribution < 1.29 is 80.2 Å². The van der Waals surface area contributed by atoms with E-state index >= 15 is 0 Å². The Morgan fingerprint density at radius 2 is 0.505 bits per heavy atom. The molecule has 0 bridgehead atoms. The molecule has 0 spiro atoms. The average molecular weight is 1400 g/mol. The van der Waals surface area contributed by atoms with Crippen LogP contribution in [0.2, 0.25) is 0 Å². The first-order chi connectivity index (χ1) is 45.6. The maximum Gasteiger partial charge on any atom is 0.472 e. The number of hydrogen-bond acceptors (Lipinski definition) is 15. The number of hydrogen-bond donors (Lipinski definition) is 3. The Hall–Kier alpha value is -1.94. The summed E-state index contributed by atoms with van der Waals surface area (Å²) in [6.07, 6.45) is 50.0. The summed E-state index contributed by atoms with van der Waals surface area (Å²) in [5.74, 6) is 0.927. The maximum atomic E-state index is 13.1. The topological polar surface area (TPSA) is 237 Å². The van der Waals surface area contributed by atoms with E-state index in [4.69, 9.17) is 37.0 Å². The van der Waals surface area contributed by atoms with Crippen molar-refractivity contribution in [1.29, 1.82) is 0 Å². The van der Waals surface area contributed by atoms with E-state index in [0.717, 1.165) is 114 Å². The molecule has 0 aromatic heterocycles. The fourth-order valence-corrected chi connectivity index (χ4v) is 13.1. The Morgan fingerprint density at radius 3 is 0.747 bits per heavy atom. The van der Waals surface area contributed by atoms with E-state index in [1.807, 2.05) is 0 Å². The van der Waals surface area contributed by atoms with Gasteiger partial charge in [-0.2, -0.15) is 0 Å². The predicted molar refractivity (Wildman–Crippen MR) is 386 cm³/mol. The number of phosphoric ester groups is 2. The lowest BCUT2D eigenvalue weighted by atomic mass is 9.99. The number of phosphoric acid groups is 2. The fraction of sp³-hybridized carbons (Fsp3) is 0.947. The van der Waals surface area contributed by atoms with E-state index in [1.54, 1.807) is 0 Å². The average Bonchev–Trinajstić information content (AvgIpc) is 3.25. The predicted octanol–water partition coefficient (Wildman–Crippen LogP) is 22.0. The Bertz CT molecular complexity index is 1870. The van der Waals surface area contributed by atoms with Crippen molar-refractivity contribution >= 4 is 39.5 Å². The molecule has 564 valence electrons. The zero-order valence-corrected chi connectivity index (χ0v) is 64.1. The van der Waals surface area contributed by atoms with Gasteiger partial charge in [0.15, 0.2) is 12.2 Å². The van der Waals surface area contributed by atoms with Crippen LogP contribution in [-0.2, 0) is 65.4 Å². The van der Waals surface area contributed by atoms with Crippen LogP contribution in [0.15, 0.2) is 0 Å². The third-order valence-electron chi connectivity index (χ3n) is 17.9. The first kappa shape index (κ1) is 93.1. The Labute approximate surface area is 581 Å². The minimum atomic E-state index is -4.96. The summed E-state index contributed by atoms with van der Waals surface area (Å²) < 4.78 is 68.5. The van der Waals surface area contributed by atoms with Gasteiger partial charge in [0.1, 0.15) is 19.3 Å². The number of carbonyl (C=O) groups is 4. The van der Waals surface area contributed by atoms with E-state index in [2.05, 4.69) is 55.4 Å². The molecule has 0 saturated heterocycles. The normalized spacial score (nSPS) is 14.4. The number of ether oxygens (including phenoxy) is 4. The van der Waals surface area contributed by atoms with Crippen molar-refractivity contribution in [2.45, 2.75) is 401 Å². The molecule has 0 rings (SSSR count). The monoisotopic (exact) mass is 1400 g/mol. The van der Waals surface area contributed by atoms with Gasteiger partial charge in [0.2, 0.25) is 0 Å². The zero-order chi connectivity index (χ0) is 70.3. The molecule has 3 N–H and O–H groups in total. The first-order valence-electron chi connectivity index (χ1n) is 39.2. The lowest BCUT2D eigenvalue weighted by molar-refractivity contribution is -0.161. The standard InChI is InChI=1S/C76H148O17P2/c1-9-69(8)55-47-39-30-24-19-21-27-33-43-51-59-76(81)93-72(63-87-74(79)57-49-41-35-34-38-46-54-68(6)7)65-91-95(84,85)89-61-70(77)60-88-94(82,83)90-64-71(62-86-73(78)56-48-40-31-25-20-18-23-29-37-45-53-67(4)5)92-75(80)58-50-42-32-26-17-15-13-11-10-12-14-16-22-28-36-44-52-66(2)3/h66-72,77H,9-65H2,1-8H3,(H,82,83)(H,84,85)/t69?,70-,71-,72-/m1/s1. The SMILES string of the molecule is CCC(C)CCCCCCCCCCCCC(=O)O[C@H](COC(=O)CCCCCCCCC(C)C)COP(=O)(O)OC[C@H](O)COP(=O)(O)OC[C@@H](COC(=O)CCCCCCCCCCCCC(C)C)OC(=O)CCCCCCCCCCCCCCCCCCC(C)C. The van der Waals surface area contributed by atoms with E-state index in [-0.39, 0.29) is 25.7 Å². The van der Waals surface area contributed by atoms with Crippen LogP contribution >= 0.6 is 15.6 Å². The highest BCUT2D eigenvalue weighted by molar-refractivity contribution is 7.47. The molecular formula is C76H148O17P2. The summed E-state index contributed by atoms with van der Waals surface area (Å²) in [5, 5.41) is 10.6. The van der Waals surface area contributed by atoms with Crippen molar-refractivity contribution in [3.63, 3.8) is 0 Å². The molecule has 0 amide bonds. The van der Waals surface area contributed by atoms with Crippen molar-refractivity contribution in [2.75, 3.05) is 39.6 Å². The number of aliphatic hydroxyl groups excluding tert-OH is 1. The van der Waals surface area contributed by atoms with Crippen LogP contribution in [0.25, 0.3) is 0 Å². The van der Waals surface area contributed by atoms with Crippen LogP contribution < -0.4 is 0 Å². The van der Waals surface area contributed by atoms with Crippen LogP contribution in [0.5, 0.6) is 0 Å². The molecule has 95 heavy (non-hydrogen) atoms. The number of rotatable bonds is 73. The number of esters is 4. The lowest BCUT2D eigenvalue weighted by Gasteiger charge is -2.21. The molecule has 6 atom stereocenters. The number of carbonyl (C=O) groups excluding carboxylic acids is 4. The summed E-state index contributed by atoms with van der Waals surface area (Å²) in [7, 11) is -9.91. The third-order valence-corrected chi connectivity index (χ3v) is 19.8. The minimum absolute atomic E-state index is 0.105. The van der Waals surface area contributed by atoms with Crippen LogP contribution in [0, 0.1) is 23.7 Å². The fourth-order valence-electron chi connectivity index (χ4n) is 11.5. The van der Waals surface area contributed by atoms with Gasteiger partial charge < -0.3 is 33.8 Å². The van der Waals surface area contributed by atoms with Gasteiger partial charge in [0.25, 0.3) is 0 Å². The van der Waals surface area contributed by atoms with Crippen molar-refractivity contribution in [1.82, 2.24) is 0 Å². The van der Waals surface area contributed by atoms with E-state index < -0.39 is 97.5 Å². The second-order valence-corrected chi connectivity index (χ2v) is 32.0. The molecule has 0 radical (unpaired) electrons. The quantitative estimate of drug-likeness (QED) is 0.0222. The third kappa shape index (κ3) is 69.0. The Kier molecular flexibility index (Phi) is 64.0. The molecule has 0 aromatic carbocycles. The molecule has 0 fully saturated rings. The summed E-state index contributed by atoms with van der Waals surface area (Å²) in [4.78, 5) is 72.8. The van der Waals surface area contributed by atoms with Gasteiger partial charge >= 0.3 is 39.5 Å². The molecule has 3 unspecified atom stereocenters. The van der Waals surface area contributed by atoms with Gasteiger partial charge in [-0.15, -0.1) is 0 Å². The number of aliphatic hydroxyl groups is 1. The molecule has 17 nitrogen and oxygen atoms in total. The van der Waals surface area contributed by atoms with Gasteiger partial charge in [-0.05, 0) is 49.4 Å². The smallest absolute Gasteiger partial charge is 0.462 e. The van der Waals surface area contributed by atoms with Gasteiger partial charge in [-0.3, -0.25) is 37.3 Å². The Morgan fingerprint density at radius 1 is 0.295 bits per heavy atom. The molecule has 0 aliphatic rings. The molecule has 0 heterocycles. The summed E-state index contributed by atoms with van der Waals surface area (Å²) in [6, 6.07) is 0. The summed E-state index contributed by atoms with van der Waals surface area (Å²) in [5.41, 5.74) is 0. The second kappa shape index (κ2) is 65.4. The minimum Gasteiger partial charge on any atom is -0.462 e. The maximum absolute atomic E-state index is 13.1. The molecular weight excluding hydrogens is 1250 g/mol. The first-order valence-corrected chi connectivity index (χ1v) is 42.2. The van der Waals surface area contributed by atoms with Gasteiger partial charge in [0, 0.05) is 25.7 Å². The van der Waals surface area contributed by atoms with Gasteiger partial charge in [-0.1, -0.05) is 331 Å². The Balaban J connectivity index is 5.23. The van der Waals surface area contributed by atoms with Crippen LogP contribution in [0.1, 0.15) is 383 Å². The highest BCUT2D eigenvalue weighted by Crippen LogP contribution is 2.45. The van der Waals surface area contributed by atoms with E-state index in [9.17, 15) is 43.2 Å². The summed E-state index contributed by atoms with van der Waals surface area (Å²) >= 11 is 0. The van der Waals surface area contributed by atoms with Crippen LogP contribution in [0.3, 0.4) is 0 Å². The molecule has 0 saturated carbocycles. The van der Waals surface area contributed by atoms with E-state index in [1.165, 1.54) is 180 Å². The molecule has 0 aromatic rings. The van der Waals surface area contributed by atoms with Gasteiger partial charge in [-0.25, -0.2) is 9.13 Å². The van der Waals surface area contributed by atoms with Crippen molar-refractivity contribution in [3.05, 3.63) is 0 Å². The summed E-state index contributed by atoms with van der Waals surface area (Å²) in [6.45, 7) is 14.2. The van der Waals surface area contributed by atoms with Gasteiger partial charge in [0.05, 0.1) is 26.4 Å². The number of unbranched alkanes of at least 4 members (excludes halogenated alkanes) is 38. The van der Waals surface area contributed by atoms with E-state index in [0.29, 0.717) is 31.6 Å². The second-order valence-electron chi connectivity index (χ2n) is 29.1. The molecule has 0 aliphatic heterocycles. The highest BCUT2D eigenvalue weighted by atomic mass is 31.2. The zero-order valence-electron chi connectivity index (χ0n) is 62.3. The van der Waals surface area contributed by atoms with Crippen LogP contribution in [0.4, 0.5) is 0 Å². The van der Waals surface area contributed by atoms with Crippen LogP contribution in [-0.4, -0.2) is 96.7 Å². The largest absolute Gasteiger partial charge is 0.472 e. The van der Waals surface area contributed by atoms with Crippen molar-refractivity contribution in [2.24, 2.45) is 23.7 Å². The molecule has 19 heteroatoms. The molecule has 0 aliphatic carbocycles.